The Balaban J connectivity index is 0.00000225. The van der Waals surface area contributed by atoms with Gasteiger partial charge < -0.3 is 10.6 Å². The highest BCUT2D eigenvalue weighted by Crippen LogP contribution is 2.46. The Labute approximate surface area is 184 Å². The van der Waals surface area contributed by atoms with Gasteiger partial charge in [-0.1, -0.05) is 39.8 Å². The van der Waals surface area contributed by atoms with Gasteiger partial charge in [0.25, 0.3) is 0 Å². The van der Waals surface area contributed by atoms with Gasteiger partial charge in [0, 0.05) is 30.1 Å². The van der Waals surface area contributed by atoms with E-state index in [2.05, 4.69) is 56.2 Å². The Kier molecular flexibility index (Phi) is 6.58. The number of nitrogens with zero attached hydrogens (tertiary/aromatic N) is 2. The molecule has 0 amide bonds. The average molecular weight is 465 g/mol. The molecule has 5 heteroatoms. The quantitative estimate of drug-likeness (QED) is 0.595. The summed E-state index contributed by atoms with van der Waals surface area (Å²) >= 11 is 1.77. The number of piperidine rings is 1. The summed E-state index contributed by atoms with van der Waals surface area (Å²) in [7, 11) is 0. The predicted octanol–water partition coefficient (Wildman–Crippen LogP) is 6.13. The molecule has 1 fully saturated rings. The van der Waals surface area contributed by atoms with Crippen LogP contribution >= 0.6 is 28.3 Å². The molecule has 28 heavy (non-hydrogen) atoms. The smallest absolute Gasteiger partial charge is 0.185 e. The highest BCUT2D eigenvalue weighted by molar-refractivity contribution is 8.93. The topological polar surface area (TPSA) is 42.1 Å². The molecule has 1 aliphatic carbocycles. The number of benzene rings is 1. The van der Waals surface area contributed by atoms with E-state index in [1.165, 1.54) is 24.0 Å². The molecule has 2 heterocycles. The van der Waals surface area contributed by atoms with Crippen molar-refractivity contribution >= 4 is 33.4 Å². The number of hydrogen-bond acceptors (Lipinski definition) is 4. The van der Waals surface area contributed by atoms with Crippen LogP contribution in [0.4, 0.5) is 5.13 Å². The maximum atomic E-state index is 6.05. The lowest BCUT2D eigenvalue weighted by atomic mass is 9.66. The lowest BCUT2D eigenvalue weighted by Crippen LogP contribution is -2.39. The molecule has 1 aliphatic heterocycles. The SMILES string of the molecule is Br.CC(C)C1CCC(C)(C)c2ccc(-c3csc(N4CCC(N)CC4)n3)cc21. The Morgan fingerprint density at radius 1 is 1.18 bits per heavy atom. The van der Waals surface area contributed by atoms with Gasteiger partial charge in [-0.3, -0.25) is 0 Å². The van der Waals surface area contributed by atoms with Gasteiger partial charge in [-0.05, 0) is 60.1 Å². The standard InChI is InChI=1S/C23H33N3S.BrH/c1-15(2)18-7-10-23(3,4)20-6-5-16(13-19(18)20)21-14-27-22(25-21)26-11-8-17(24)9-12-26;/h5-6,13-15,17-18H,7-12,24H2,1-4H3;1H. The Morgan fingerprint density at radius 3 is 2.57 bits per heavy atom. The van der Waals surface area contributed by atoms with E-state index in [1.54, 1.807) is 16.9 Å². The normalized spacial score (nSPS) is 22.1. The van der Waals surface area contributed by atoms with E-state index in [1.807, 2.05) is 0 Å². The second-order valence-corrected chi connectivity index (χ2v) is 10.3. The van der Waals surface area contributed by atoms with E-state index in [9.17, 15) is 0 Å². The lowest BCUT2D eigenvalue weighted by molar-refractivity contribution is 0.346. The number of hydrogen-bond donors (Lipinski definition) is 1. The summed E-state index contributed by atoms with van der Waals surface area (Å²) in [5.74, 6) is 1.34. The van der Waals surface area contributed by atoms with Gasteiger partial charge in [0.1, 0.15) is 0 Å². The van der Waals surface area contributed by atoms with Crippen molar-refractivity contribution in [3.05, 3.63) is 34.7 Å². The summed E-state index contributed by atoms with van der Waals surface area (Å²) in [6, 6.07) is 7.45. The number of nitrogens with two attached hydrogens (primary N) is 1. The number of thiazole rings is 1. The molecular formula is C23H34BrN3S. The molecule has 2 N–H and O–H groups in total. The first kappa shape index (κ1) is 21.8. The van der Waals surface area contributed by atoms with E-state index < -0.39 is 0 Å². The average Bonchev–Trinajstić information content (AvgIpc) is 3.12. The first-order valence-electron chi connectivity index (χ1n) is 10.5. The zero-order chi connectivity index (χ0) is 19.2. The third-order valence-corrected chi connectivity index (χ3v) is 7.56. The van der Waals surface area contributed by atoms with Crippen LogP contribution in [0, 0.1) is 5.92 Å². The van der Waals surface area contributed by atoms with Crippen LogP contribution in [0.2, 0.25) is 0 Å². The number of anilines is 1. The van der Waals surface area contributed by atoms with Crippen LogP contribution in [0.3, 0.4) is 0 Å². The molecular weight excluding hydrogens is 430 g/mol. The van der Waals surface area contributed by atoms with Gasteiger partial charge in [0.2, 0.25) is 0 Å². The van der Waals surface area contributed by atoms with Crippen LogP contribution in [-0.2, 0) is 5.41 Å². The van der Waals surface area contributed by atoms with Gasteiger partial charge in [0.15, 0.2) is 5.13 Å². The van der Waals surface area contributed by atoms with Gasteiger partial charge in [0.05, 0.1) is 5.69 Å². The van der Waals surface area contributed by atoms with Crippen molar-refractivity contribution in [1.82, 2.24) is 4.98 Å². The van der Waals surface area contributed by atoms with Crippen LogP contribution in [0.5, 0.6) is 0 Å². The highest BCUT2D eigenvalue weighted by Gasteiger charge is 2.34. The molecule has 0 radical (unpaired) electrons. The minimum Gasteiger partial charge on any atom is -0.348 e. The lowest BCUT2D eigenvalue weighted by Gasteiger charge is -2.39. The Hall–Kier alpha value is -0.910. The third-order valence-electron chi connectivity index (χ3n) is 6.66. The molecule has 0 saturated carbocycles. The van der Waals surface area contributed by atoms with Crippen molar-refractivity contribution in [2.45, 2.75) is 70.8 Å². The Bertz CT molecular complexity index is 806. The molecule has 0 bridgehead atoms. The van der Waals surface area contributed by atoms with Crippen molar-refractivity contribution in [3.63, 3.8) is 0 Å². The maximum absolute atomic E-state index is 6.05. The molecule has 1 aromatic heterocycles. The monoisotopic (exact) mass is 463 g/mol. The minimum atomic E-state index is 0. The highest BCUT2D eigenvalue weighted by atomic mass is 79.9. The van der Waals surface area contributed by atoms with Crippen molar-refractivity contribution in [1.29, 1.82) is 0 Å². The first-order chi connectivity index (χ1) is 12.8. The molecule has 3 nitrogen and oxygen atoms in total. The van der Waals surface area contributed by atoms with Gasteiger partial charge in [-0.2, -0.15) is 0 Å². The largest absolute Gasteiger partial charge is 0.348 e. The fourth-order valence-corrected chi connectivity index (χ4v) is 5.67. The summed E-state index contributed by atoms with van der Waals surface area (Å²) in [4.78, 5) is 7.39. The zero-order valence-electron chi connectivity index (χ0n) is 17.6. The molecule has 2 aliphatic rings. The van der Waals surface area contributed by atoms with Crippen molar-refractivity contribution in [2.75, 3.05) is 18.0 Å². The van der Waals surface area contributed by atoms with E-state index in [0.717, 1.165) is 36.8 Å². The second-order valence-electron chi connectivity index (χ2n) is 9.41. The van der Waals surface area contributed by atoms with E-state index in [4.69, 9.17) is 10.7 Å². The number of rotatable bonds is 3. The number of fused-ring (bicyclic) bond motifs is 1. The second kappa shape index (κ2) is 8.45. The van der Waals surface area contributed by atoms with Crippen LogP contribution in [0.15, 0.2) is 23.6 Å². The van der Waals surface area contributed by atoms with Crippen molar-refractivity contribution < 1.29 is 0 Å². The van der Waals surface area contributed by atoms with Gasteiger partial charge in [-0.15, -0.1) is 28.3 Å². The van der Waals surface area contributed by atoms with Crippen LogP contribution < -0.4 is 10.6 Å². The van der Waals surface area contributed by atoms with E-state index >= 15 is 0 Å². The van der Waals surface area contributed by atoms with E-state index in [-0.39, 0.29) is 22.4 Å². The van der Waals surface area contributed by atoms with E-state index in [0.29, 0.717) is 17.9 Å². The summed E-state index contributed by atoms with van der Waals surface area (Å²) in [5.41, 5.74) is 11.8. The minimum absolute atomic E-state index is 0. The number of aromatic nitrogens is 1. The van der Waals surface area contributed by atoms with Crippen LogP contribution in [-0.4, -0.2) is 24.1 Å². The van der Waals surface area contributed by atoms with Crippen LogP contribution in [0.25, 0.3) is 11.3 Å². The molecule has 154 valence electrons. The summed E-state index contributed by atoms with van der Waals surface area (Å²) in [6.07, 6.45) is 4.70. The molecule has 0 spiro atoms. The summed E-state index contributed by atoms with van der Waals surface area (Å²) in [6.45, 7) is 11.6. The predicted molar refractivity (Wildman–Crippen MR) is 127 cm³/mol. The van der Waals surface area contributed by atoms with Crippen molar-refractivity contribution in [3.8, 4) is 11.3 Å². The third kappa shape index (κ3) is 4.17. The molecule has 1 unspecified atom stereocenters. The summed E-state index contributed by atoms with van der Waals surface area (Å²) in [5, 5.41) is 3.37. The van der Waals surface area contributed by atoms with Crippen molar-refractivity contribution in [2.24, 2.45) is 11.7 Å². The van der Waals surface area contributed by atoms with Gasteiger partial charge in [-0.25, -0.2) is 4.98 Å². The molecule has 1 aromatic carbocycles. The maximum Gasteiger partial charge on any atom is 0.185 e. The molecule has 2 aromatic rings. The molecule has 4 rings (SSSR count). The zero-order valence-corrected chi connectivity index (χ0v) is 20.1. The fraction of sp³-hybridized carbons (Fsp3) is 0.609. The van der Waals surface area contributed by atoms with Crippen LogP contribution in [0.1, 0.15) is 70.4 Å². The first-order valence-corrected chi connectivity index (χ1v) is 11.3. The number of halogens is 1. The molecule has 1 saturated heterocycles. The summed E-state index contributed by atoms with van der Waals surface area (Å²) < 4.78 is 0. The Morgan fingerprint density at radius 2 is 1.89 bits per heavy atom. The van der Waals surface area contributed by atoms with Gasteiger partial charge >= 0.3 is 0 Å². The fourth-order valence-electron chi connectivity index (χ4n) is 4.78. The molecule has 1 atom stereocenters.